The summed E-state index contributed by atoms with van der Waals surface area (Å²) in [4.78, 5) is 17.7. The van der Waals surface area contributed by atoms with Crippen LogP contribution in [-0.4, -0.2) is 74.3 Å². The van der Waals surface area contributed by atoms with Crippen LogP contribution >= 0.6 is 0 Å². The summed E-state index contributed by atoms with van der Waals surface area (Å²) in [6.07, 6.45) is 4.59. The lowest BCUT2D eigenvalue weighted by molar-refractivity contribution is 0.254. The van der Waals surface area contributed by atoms with E-state index < -0.39 is 0 Å². The number of hydrogen-bond acceptors (Lipinski definition) is 7. The number of aliphatic imine (C=N–C) groups is 1. The van der Waals surface area contributed by atoms with E-state index in [-0.39, 0.29) is 0 Å². The minimum absolute atomic E-state index is 0.454. The smallest absolute Gasteiger partial charge is 0.225 e. The Kier molecular flexibility index (Phi) is 8.08. The second kappa shape index (κ2) is 11.2. The fraction of sp³-hybridized carbons (Fsp3) is 0.476. The zero-order chi connectivity index (χ0) is 21.2. The first-order valence-corrected chi connectivity index (χ1v) is 10.2. The quantitative estimate of drug-likeness (QED) is 0.358. The second-order valence-corrected chi connectivity index (χ2v) is 7.05. The number of guanidine groups is 1. The SMILES string of the molecule is COc1ccc(CN=C(N)NCCCN2CCN(c3ncccn3)CC2)cc1OC. The molecule has 0 amide bonds. The Morgan fingerprint density at radius 3 is 2.53 bits per heavy atom. The number of nitrogens with one attached hydrogen (secondary N) is 1. The molecule has 1 fully saturated rings. The van der Waals surface area contributed by atoms with Crippen molar-refractivity contribution in [3.63, 3.8) is 0 Å². The molecule has 2 aromatic rings. The van der Waals surface area contributed by atoms with Crippen LogP contribution in [0.15, 0.2) is 41.7 Å². The summed E-state index contributed by atoms with van der Waals surface area (Å²) in [7, 11) is 3.24. The van der Waals surface area contributed by atoms with Gasteiger partial charge in [-0.1, -0.05) is 6.07 Å². The van der Waals surface area contributed by atoms with Crippen molar-refractivity contribution in [1.82, 2.24) is 20.2 Å². The number of aromatic nitrogens is 2. The van der Waals surface area contributed by atoms with Gasteiger partial charge in [-0.15, -0.1) is 0 Å². The van der Waals surface area contributed by atoms with Gasteiger partial charge in [-0.2, -0.15) is 0 Å². The summed E-state index contributed by atoms with van der Waals surface area (Å²) in [5.74, 6) is 2.66. The van der Waals surface area contributed by atoms with Crippen LogP contribution in [0.25, 0.3) is 0 Å². The highest BCUT2D eigenvalue weighted by atomic mass is 16.5. The molecule has 1 saturated heterocycles. The molecule has 9 nitrogen and oxygen atoms in total. The number of methoxy groups -OCH3 is 2. The van der Waals surface area contributed by atoms with E-state index in [9.17, 15) is 0 Å². The molecule has 1 aromatic heterocycles. The van der Waals surface area contributed by atoms with Gasteiger partial charge in [-0.05, 0) is 36.7 Å². The predicted molar refractivity (Wildman–Crippen MR) is 118 cm³/mol. The van der Waals surface area contributed by atoms with Crippen LogP contribution in [0.2, 0.25) is 0 Å². The van der Waals surface area contributed by atoms with E-state index in [4.69, 9.17) is 15.2 Å². The van der Waals surface area contributed by atoms with Crippen LogP contribution in [0, 0.1) is 0 Å². The molecule has 0 spiro atoms. The van der Waals surface area contributed by atoms with E-state index in [1.54, 1.807) is 26.6 Å². The molecule has 2 heterocycles. The van der Waals surface area contributed by atoms with E-state index in [1.165, 1.54) is 0 Å². The Morgan fingerprint density at radius 1 is 1.10 bits per heavy atom. The van der Waals surface area contributed by atoms with Gasteiger partial charge in [0.05, 0.1) is 20.8 Å². The average molecular weight is 414 g/mol. The van der Waals surface area contributed by atoms with Gasteiger partial charge < -0.3 is 25.4 Å². The second-order valence-electron chi connectivity index (χ2n) is 7.05. The molecule has 0 radical (unpaired) electrons. The maximum absolute atomic E-state index is 6.00. The van der Waals surface area contributed by atoms with Crippen molar-refractivity contribution >= 4 is 11.9 Å². The third kappa shape index (κ3) is 6.21. The molecule has 0 atom stereocenters. The van der Waals surface area contributed by atoms with Crippen molar-refractivity contribution in [2.24, 2.45) is 10.7 Å². The van der Waals surface area contributed by atoms with Crippen molar-refractivity contribution in [2.75, 3.05) is 58.4 Å². The Bertz CT molecular complexity index is 808. The number of nitrogens with two attached hydrogens (primary N) is 1. The summed E-state index contributed by atoms with van der Waals surface area (Å²) in [5.41, 5.74) is 7.01. The minimum atomic E-state index is 0.454. The van der Waals surface area contributed by atoms with Crippen LogP contribution in [0.3, 0.4) is 0 Å². The van der Waals surface area contributed by atoms with E-state index in [0.717, 1.165) is 57.2 Å². The summed E-state index contributed by atoms with van der Waals surface area (Å²) >= 11 is 0. The first-order valence-electron chi connectivity index (χ1n) is 10.2. The molecule has 3 rings (SSSR count). The summed E-state index contributed by atoms with van der Waals surface area (Å²) in [6, 6.07) is 7.58. The minimum Gasteiger partial charge on any atom is -0.493 e. The highest BCUT2D eigenvalue weighted by Gasteiger charge is 2.18. The Labute approximate surface area is 177 Å². The molecule has 162 valence electrons. The molecule has 0 saturated carbocycles. The molecule has 1 aliphatic heterocycles. The van der Waals surface area contributed by atoms with Gasteiger partial charge in [0, 0.05) is 45.1 Å². The van der Waals surface area contributed by atoms with Crippen LogP contribution in [-0.2, 0) is 6.54 Å². The average Bonchev–Trinajstić information content (AvgIpc) is 2.81. The molecular weight excluding hydrogens is 382 g/mol. The Hall–Kier alpha value is -3.07. The largest absolute Gasteiger partial charge is 0.493 e. The first kappa shape index (κ1) is 21.6. The van der Waals surface area contributed by atoms with Crippen LogP contribution in [0.4, 0.5) is 5.95 Å². The Morgan fingerprint density at radius 2 is 1.83 bits per heavy atom. The van der Waals surface area contributed by atoms with E-state index in [2.05, 4.69) is 30.1 Å². The van der Waals surface area contributed by atoms with Gasteiger partial charge in [-0.25, -0.2) is 15.0 Å². The fourth-order valence-electron chi connectivity index (χ4n) is 3.36. The van der Waals surface area contributed by atoms with Gasteiger partial charge in [0.15, 0.2) is 17.5 Å². The summed E-state index contributed by atoms with van der Waals surface area (Å²) in [6.45, 7) is 6.24. The van der Waals surface area contributed by atoms with Gasteiger partial charge in [0.2, 0.25) is 5.95 Å². The van der Waals surface area contributed by atoms with Crippen LogP contribution < -0.4 is 25.4 Å². The highest BCUT2D eigenvalue weighted by Crippen LogP contribution is 2.27. The summed E-state index contributed by atoms with van der Waals surface area (Å²) < 4.78 is 10.6. The van der Waals surface area contributed by atoms with Crippen molar-refractivity contribution in [2.45, 2.75) is 13.0 Å². The number of rotatable bonds is 9. The van der Waals surface area contributed by atoms with Gasteiger partial charge in [0.25, 0.3) is 0 Å². The third-order valence-corrected chi connectivity index (χ3v) is 5.04. The Balaban J connectivity index is 1.33. The number of benzene rings is 1. The van der Waals surface area contributed by atoms with Gasteiger partial charge >= 0.3 is 0 Å². The van der Waals surface area contributed by atoms with Crippen LogP contribution in [0.1, 0.15) is 12.0 Å². The first-order chi connectivity index (χ1) is 14.7. The third-order valence-electron chi connectivity index (χ3n) is 5.04. The lowest BCUT2D eigenvalue weighted by atomic mass is 10.2. The molecule has 3 N–H and O–H groups in total. The number of piperazine rings is 1. The lowest BCUT2D eigenvalue weighted by Gasteiger charge is -2.34. The zero-order valence-corrected chi connectivity index (χ0v) is 17.8. The molecular formula is C21H31N7O2. The lowest BCUT2D eigenvalue weighted by Crippen LogP contribution is -2.47. The van der Waals surface area contributed by atoms with Crippen LogP contribution in [0.5, 0.6) is 11.5 Å². The van der Waals surface area contributed by atoms with Gasteiger partial charge in [-0.3, -0.25) is 4.90 Å². The van der Waals surface area contributed by atoms with Crippen molar-refractivity contribution in [1.29, 1.82) is 0 Å². The summed E-state index contributed by atoms with van der Waals surface area (Å²) in [5, 5.41) is 3.19. The fourth-order valence-corrected chi connectivity index (χ4v) is 3.36. The van der Waals surface area contributed by atoms with Crippen molar-refractivity contribution < 1.29 is 9.47 Å². The van der Waals surface area contributed by atoms with E-state index >= 15 is 0 Å². The maximum Gasteiger partial charge on any atom is 0.225 e. The number of hydrogen-bond donors (Lipinski definition) is 2. The molecule has 0 aliphatic carbocycles. The monoisotopic (exact) mass is 413 g/mol. The standard InChI is InChI=1S/C21H31N7O2/c1-29-18-6-5-17(15-19(18)30-2)16-26-20(22)23-9-4-10-27-11-13-28(14-12-27)21-24-7-3-8-25-21/h3,5-8,15H,4,9-14,16H2,1-2H3,(H3,22,23,26). The number of nitrogens with zero attached hydrogens (tertiary/aromatic N) is 5. The van der Waals surface area contributed by atoms with E-state index in [1.807, 2.05) is 24.3 Å². The van der Waals surface area contributed by atoms with Crippen molar-refractivity contribution in [3.05, 3.63) is 42.2 Å². The molecule has 0 bridgehead atoms. The molecule has 30 heavy (non-hydrogen) atoms. The van der Waals surface area contributed by atoms with E-state index in [0.29, 0.717) is 24.0 Å². The van der Waals surface area contributed by atoms with Crippen molar-refractivity contribution in [3.8, 4) is 11.5 Å². The predicted octanol–water partition coefficient (Wildman–Crippen LogP) is 1.11. The molecule has 1 aromatic carbocycles. The topological polar surface area (TPSA) is 101 Å². The number of ether oxygens (including phenoxy) is 2. The zero-order valence-electron chi connectivity index (χ0n) is 17.8. The maximum atomic E-state index is 6.00. The highest BCUT2D eigenvalue weighted by molar-refractivity contribution is 5.77. The molecule has 9 heteroatoms. The normalized spacial score (nSPS) is 15.1. The van der Waals surface area contributed by atoms with Gasteiger partial charge in [0.1, 0.15) is 0 Å². The molecule has 0 unspecified atom stereocenters. The number of anilines is 1. The molecule has 1 aliphatic rings.